The van der Waals surface area contributed by atoms with Crippen molar-refractivity contribution < 1.29 is 0 Å². The van der Waals surface area contributed by atoms with Gasteiger partial charge in [0.15, 0.2) is 0 Å². The lowest BCUT2D eigenvalue weighted by Gasteiger charge is -2.07. The number of hydrogen-bond donors (Lipinski definition) is 1. The van der Waals surface area contributed by atoms with Gasteiger partial charge in [0, 0.05) is 12.1 Å². The summed E-state index contributed by atoms with van der Waals surface area (Å²) < 4.78 is 0. The quantitative estimate of drug-likeness (QED) is 0.548. The maximum absolute atomic E-state index is 6.02. The second-order valence-electron chi connectivity index (χ2n) is 4.16. The molecule has 74 valence electrons. The van der Waals surface area contributed by atoms with Crippen molar-refractivity contribution in [3.8, 4) is 11.1 Å². The minimum atomic E-state index is 0.923. The van der Waals surface area contributed by atoms with Gasteiger partial charge in [-0.05, 0) is 40.8 Å². The first-order valence-corrected chi connectivity index (χ1v) is 5.23. The van der Waals surface area contributed by atoms with E-state index in [9.17, 15) is 0 Å². The van der Waals surface area contributed by atoms with Crippen molar-refractivity contribution in [1.82, 2.24) is 0 Å². The van der Waals surface area contributed by atoms with Crippen LogP contribution in [0.2, 0.25) is 0 Å². The van der Waals surface area contributed by atoms with Gasteiger partial charge in [0.05, 0.1) is 0 Å². The fraction of sp³-hybridized carbons (Fsp3) is 0.143. The minimum absolute atomic E-state index is 0.923. The molecular formula is C14H13N. The zero-order valence-corrected chi connectivity index (χ0v) is 8.75. The summed E-state index contributed by atoms with van der Waals surface area (Å²) in [7, 11) is 0. The van der Waals surface area contributed by atoms with E-state index >= 15 is 0 Å². The first kappa shape index (κ1) is 8.54. The first-order chi connectivity index (χ1) is 7.27. The molecule has 0 spiro atoms. The van der Waals surface area contributed by atoms with Crippen molar-refractivity contribution in [1.29, 1.82) is 0 Å². The van der Waals surface area contributed by atoms with Gasteiger partial charge < -0.3 is 5.73 Å². The van der Waals surface area contributed by atoms with Crippen molar-refractivity contribution >= 4 is 5.69 Å². The van der Waals surface area contributed by atoms with Gasteiger partial charge >= 0.3 is 0 Å². The Morgan fingerprint density at radius 1 is 1.07 bits per heavy atom. The zero-order chi connectivity index (χ0) is 10.4. The minimum Gasteiger partial charge on any atom is -0.398 e. The van der Waals surface area contributed by atoms with Crippen molar-refractivity contribution in [3.63, 3.8) is 0 Å². The lowest BCUT2D eigenvalue weighted by Crippen LogP contribution is -1.93. The summed E-state index contributed by atoms with van der Waals surface area (Å²) in [4.78, 5) is 0. The molecule has 0 unspecified atom stereocenters. The van der Waals surface area contributed by atoms with E-state index in [-0.39, 0.29) is 0 Å². The maximum Gasteiger partial charge on any atom is 0.0356 e. The number of aryl methyl sites for hydroxylation is 1. The van der Waals surface area contributed by atoms with Gasteiger partial charge in [-0.2, -0.15) is 0 Å². The first-order valence-electron chi connectivity index (χ1n) is 5.23. The molecule has 0 amide bonds. The molecule has 2 N–H and O–H groups in total. The fourth-order valence-electron chi connectivity index (χ4n) is 2.46. The van der Waals surface area contributed by atoms with Gasteiger partial charge in [0.2, 0.25) is 0 Å². The smallest absolute Gasteiger partial charge is 0.0356 e. The average molecular weight is 195 g/mol. The van der Waals surface area contributed by atoms with Crippen LogP contribution in [0, 0.1) is 6.92 Å². The third-order valence-corrected chi connectivity index (χ3v) is 3.21. The van der Waals surface area contributed by atoms with Crippen LogP contribution < -0.4 is 5.73 Å². The van der Waals surface area contributed by atoms with Crippen LogP contribution in [0.15, 0.2) is 36.4 Å². The van der Waals surface area contributed by atoms with Crippen LogP contribution in [0.3, 0.4) is 0 Å². The summed E-state index contributed by atoms with van der Waals surface area (Å²) in [5, 5.41) is 0. The van der Waals surface area contributed by atoms with Crippen LogP contribution >= 0.6 is 0 Å². The number of nitrogen functional groups attached to an aromatic ring is 1. The van der Waals surface area contributed by atoms with E-state index in [2.05, 4.69) is 37.3 Å². The van der Waals surface area contributed by atoms with Crippen LogP contribution in [0.1, 0.15) is 16.7 Å². The number of hydrogen-bond acceptors (Lipinski definition) is 1. The highest BCUT2D eigenvalue weighted by Crippen LogP contribution is 2.41. The number of rotatable bonds is 0. The Morgan fingerprint density at radius 2 is 1.87 bits per heavy atom. The Balaban J connectivity index is 2.37. The van der Waals surface area contributed by atoms with Crippen molar-refractivity contribution in [2.75, 3.05) is 5.73 Å². The molecule has 0 bridgehead atoms. The second-order valence-corrected chi connectivity index (χ2v) is 4.16. The standard InChI is InChI=1S/C14H13N/c1-9-6-7-13(15)12-8-10-4-2-3-5-11(10)14(9)12/h2-7H,8,15H2,1H3. The molecule has 0 radical (unpaired) electrons. The molecule has 1 aliphatic rings. The van der Waals surface area contributed by atoms with Crippen LogP contribution in [0.25, 0.3) is 11.1 Å². The Hall–Kier alpha value is -1.76. The van der Waals surface area contributed by atoms with E-state index in [4.69, 9.17) is 5.73 Å². The van der Waals surface area contributed by atoms with Crippen LogP contribution in [-0.2, 0) is 6.42 Å². The van der Waals surface area contributed by atoms with Crippen LogP contribution in [0.5, 0.6) is 0 Å². The molecule has 1 aliphatic carbocycles. The highest BCUT2D eigenvalue weighted by Gasteiger charge is 2.21. The Morgan fingerprint density at radius 3 is 2.73 bits per heavy atom. The normalized spacial score (nSPS) is 12.3. The molecule has 0 heterocycles. The predicted octanol–water partition coefficient (Wildman–Crippen LogP) is 3.15. The number of nitrogens with two attached hydrogens (primary N) is 1. The molecule has 0 saturated heterocycles. The molecule has 0 fully saturated rings. The summed E-state index contributed by atoms with van der Waals surface area (Å²) in [6, 6.07) is 12.7. The van der Waals surface area contributed by atoms with E-state index in [1.54, 1.807) is 0 Å². The molecule has 1 heteroatoms. The molecule has 2 aromatic carbocycles. The Labute approximate surface area is 89.6 Å². The van der Waals surface area contributed by atoms with Gasteiger partial charge in [-0.25, -0.2) is 0 Å². The van der Waals surface area contributed by atoms with Crippen molar-refractivity contribution in [2.24, 2.45) is 0 Å². The topological polar surface area (TPSA) is 26.0 Å². The number of fused-ring (bicyclic) bond motifs is 3. The third kappa shape index (κ3) is 1.09. The van der Waals surface area contributed by atoms with Crippen LogP contribution in [0.4, 0.5) is 5.69 Å². The highest BCUT2D eigenvalue weighted by molar-refractivity contribution is 5.83. The molecule has 0 aliphatic heterocycles. The lowest BCUT2D eigenvalue weighted by molar-refractivity contribution is 1.26. The van der Waals surface area contributed by atoms with E-state index in [0.717, 1.165) is 12.1 Å². The number of benzene rings is 2. The summed E-state index contributed by atoms with van der Waals surface area (Å²) in [6.45, 7) is 2.15. The van der Waals surface area contributed by atoms with Crippen molar-refractivity contribution in [2.45, 2.75) is 13.3 Å². The third-order valence-electron chi connectivity index (χ3n) is 3.21. The summed E-state index contributed by atoms with van der Waals surface area (Å²) in [5.74, 6) is 0. The van der Waals surface area contributed by atoms with Crippen LogP contribution in [-0.4, -0.2) is 0 Å². The Bertz CT molecular complexity index is 541. The average Bonchev–Trinajstić information content (AvgIpc) is 2.64. The van der Waals surface area contributed by atoms with Crippen molar-refractivity contribution in [3.05, 3.63) is 53.1 Å². The van der Waals surface area contributed by atoms with E-state index in [0.29, 0.717) is 0 Å². The van der Waals surface area contributed by atoms with E-state index < -0.39 is 0 Å². The largest absolute Gasteiger partial charge is 0.398 e. The monoisotopic (exact) mass is 195 g/mol. The molecule has 3 rings (SSSR count). The highest BCUT2D eigenvalue weighted by atomic mass is 14.6. The summed E-state index contributed by atoms with van der Waals surface area (Å²) >= 11 is 0. The van der Waals surface area contributed by atoms with E-state index in [1.165, 1.54) is 27.8 Å². The maximum atomic E-state index is 6.02. The molecule has 2 aromatic rings. The molecule has 0 saturated carbocycles. The number of anilines is 1. The second kappa shape index (κ2) is 2.86. The molecule has 15 heavy (non-hydrogen) atoms. The zero-order valence-electron chi connectivity index (χ0n) is 8.75. The Kier molecular flexibility index (Phi) is 1.63. The lowest BCUT2D eigenvalue weighted by atomic mass is 9.99. The summed E-state index contributed by atoms with van der Waals surface area (Å²) in [5.41, 5.74) is 13.7. The van der Waals surface area contributed by atoms with Gasteiger partial charge in [-0.15, -0.1) is 0 Å². The van der Waals surface area contributed by atoms with E-state index in [1.807, 2.05) is 6.07 Å². The van der Waals surface area contributed by atoms with Gasteiger partial charge in [0.1, 0.15) is 0 Å². The summed E-state index contributed by atoms with van der Waals surface area (Å²) in [6.07, 6.45) is 0.985. The fourth-order valence-corrected chi connectivity index (χ4v) is 2.46. The van der Waals surface area contributed by atoms with Gasteiger partial charge in [-0.1, -0.05) is 30.3 Å². The molecular weight excluding hydrogens is 182 g/mol. The molecule has 1 nitrogen and oxygen atoms in total. The molecule has 0 atom stereocenters. The SMILES string of the molecule is Cc1ccc(N)c2c1-c1ccccc1C2. The molecule has 0 aromatic heterocycles. The van der Waals surface area contributed by atoms with Gasteiger partial charge in [0.25, 0.3) is 0 Å². The predicted molar refractivity (Wildman–Crippen MR) is 63.8 cm³/mol. The van der Waals surface area contributed by atoms with Gasteiger partial charge in [-0.3, -0.25) is 0 Å².